The molecule has 2 heterocycles. The molecule has 2 fully saturated rings. The molecule has 1 aromatic rings. The van der Waals surface area contributed by atoms with Gasteiger partial charge in [0.1, 0.15) is 0 Å². The van der Waals surface area contributed by atoms with Gasteiger partial charge in [0.25, 0.3) is 0 Å². The third-order valence-electron chi connectivity index (χ3n) is 4.92. The highest BCUT2D eigenvalue weighted by Gasteiger charge is 2.30. The molecule has 0 bridgehead atoms. The standard InChI is InChI=1S/C19H27ClO5/c1-2-23-17-9-15(24-11-17)6-13-5-12(3-4-18(13)20)19-8-14(22)7-16(10-21)25-19/h3-5,14-17,19,21-22H,2,6-11H2,1H3. The molecule has 0 radical (unpaired) electrons. The Morgan fingerprint density at radius 1 is 1.24 bits per heavy atom. The summed E-state index contributed by atoms with van der Waals surface area (Å²) >= 11 is 6.38. The quantitative estimate of drug-likeness (QED) is 0.805. The molecule has 140 valence electrons. The van der Waals surface area contributed by atoms with Crippen LogP contribution in [0.25, 0.3) is 0 Å². The van der Waals surface area contributed by atoms with Crippen LogP contribution >= 0.6 is 11.6 Å². The minimum Gasteiger partial charge on any atom is -0.394 e. The zero-order valence-electron chi connectivity index (χ0n) is 14.6. The van der Waals surface area contributed by atoms with Gasteiger partial charge in [0.2, 0.25) is 0 Å². The van der Waals surface area contributed by atoms with Gasteiger partial charge in [-0.2, -0.15) is 0 Å². The Labute approximate surface area is 153 Å². The molecule has 2 N–H and O–H groups in total. The zero-order valence-corrected chi connectivity index (χ0v) is 15.3. The Hall–Kier alpha value is -0.690. The van der Waals surface area contributed by atoms with Crippen LogP contribution in [0.1, 0.15) is 43.4 Å². The summed E-state index contributed by atoms with van der Waals surface area (Å²) < 4.78 is 17.4. The number of aliphatic hydroxyl groups excluding tert-OH is 2. The van der Waals surface area contributed by atoms with Crippen molar-refractivity contribution in [3.8, 4) is 0 Å². The highest BCUT2D eigenvalue weighted by Crippen LogP contribution is 2.34. The summed E-state index contributed by atoms with van der Waals surface area (Å²) in [7, 11) is 0. The predicted octanol–water partition coefficient (Wildman–Crippen LogP) is 2.65. The van der Waals surface area contributed by atoms with E-state index < -0.39 is 6.10 Å². The average Bonchev–Trinajstić information content (AvgIpc) is 3.03. The molecule has 0 spiro atoms. The summed E-state index contributed by atoms with van der Waals surface area (Å²) in [5, 5.41) is 20.1. The Balaban J connectivity index is 1.68. The molecular formula is C19H27ClO5. The number of benzene rings is 1. The van der Waals surface area contributed by atoms with E-state index in [-0.39, 0.29) is 31.0 Å². The molecule has 3 rings (SSSR count). The Morgan fingerprint density at radius 2 is 2.08 bits per heavy atom. The van der Waals surface area contributed by atoms with Crippen LogP contribution in [0.5, 0.6) is 0 Å². The average molecular weight is 371 g/mol. The van der Waals surface area contributed by atoms with E-state index in [1.807, 2.05) is 25.1 Å². The lowest BCUT2D eigenvalue weighted by Gasteiger charge is -2.32. The van der Waals surface area contributed by atoms with Crippen molar-refractivity contribution in [3.05, 3.63) is 34.3 Å². The van der Waals surface area contributed by atoms with Gasteiger partial charge in [-0.25, -0.2) is 0 Å². The van der Waals surface area contributed by atoms with E-state index in [1.54, 1.807) is 0 Å². The van der Waals surface area contributed by atoms with E-state index in [1.165, 1.54) is 0 Å². The Morgan fingerprint density at radius 3 is 2.84 bits per heavy atom. The van der Waals surface area contributed by atoms with Gasteiger partial charge in [-0.15, -0.1) is 0 Å². The van der Waals surface area contributed by atoms with Gasteiger partial charge in [-0.05, 0) is 24.1 Å². The van der Waals surface area contributed by atoms with E-state index in [0.29, 0.717) is 31.1 Å². The van der Waals surface area contributed by atoms with Crippen LogP contribution in [0, 0.1) is 0 Å². The highest BCUT2D eigenvalue weighted by molar-refractivity contribution is 6.31. The van der Waals surface area contributed by atoms with Crippen LogP contribution in [0.2, 0.25) is 5.02 Å². The highest BCUT2D eigenvalue weighted by atomic mass is 35.5. The maximum atomic E-state index is 10.0. The normalized spacial score (nSPS) is 32.9. The van der Waals surface area contributed by atoms with Crippen LogP contribution in [0.4, 0.5) is 0 Å². The minimum atomic E-state index is -0.458. The number of hydrogen-bond acceptors (Lipinski definition) is 5. The van der Waals surface area contributed by atoms with Crippen LogP contribution in [-0.4, -0.2) is 54.4 Å². The van der Waals surface area contributed by atoms with E-state index >= 15 is 0 Å². The van der Waals surface area contributed by atoms with Crippen LogP contribution in [-0.2, 0) is 20.6 Å². The fourth-order valence-corrected chi connectivity index (χ4v) is 3.88. The van der Waals surface area contributed by atoms with Crippen molar-refractivity contribution in [1.29, 1.82) is 0 Å². The van der Waals surface area contributed by atoms with Gasteiger partial charge >= 0.3 is 0 Å². The number of aliphatic hydroxyl groups is 2. The van der Waals surface area contributed by atoms with Crippen LogP contribution in [0.15, 0.2) is 18.2 Å². The summed E-state index contributed by atoms with van der Waals surface area (Å²) in [6.07, 6.45) is 1.88. The third-order valence-corrected chi connectivity index (χ3v) is 5.29. The maximum Gasteiger partial charge on any atom is 0.0854 e. The largest absolute Gasteiger partial charge is 0.394 e. The topological polar surface area (TPSA) is 68.2 Å². The fraction of sp³-hybridized carbons (Fsp3) is 0.684. The number of halogens is 1. The molecule has 0 aliphatic carbocycles. The second-order valence-electron chi connectivity index (χ2n) is 6.88. The maximum absolute atomic E-state index is 10.0. The van der Waals surface area contributed by atoms with Crippen LogP contribution < -0.4 is 0 Å². The zero-order chi connectivity index (χ0) is 17.8. The molecule has 5 atom stereocenters. The predicted molar refractivity (Wildman–Crippen MR) is 94.9 cm³/mol. The molecule has 2 aliphatic rings. The molecule has 25 heavy (non-hydrogen) atoms. The van der Waals surface area contributed by atoms with E-state index in [9.17, 15) is 10.2 Å². The van der Waals surface area contributed by atoms with Gasteiger partial charge in [-0.1, -0.05) is 23.7 Å². The van der Waals surface area contributed by atoms with E-state index in [0.717, 1.165) is 24.0 Å². The van der Waals surface area contributed by atoms with Crippen molar-refractivity contribution < 1.29 is 24.4 Å². The second kappa shape index (κ2) is 8.80. The molecule has 0 saturated carbocycles. The fourth-order valence-electron chi connectivity index (χ4n) is 3.69. The number of hydrogen-bond donors (Lipinski definition) is 2. The number of ether oxygens (including phenoxy) is 3. The first-order valence-corrected chi connectivity index (χ1v) is 9.42. The molecule has 6 heteroatoms. The Bertz CT molecular complexity index is 567. The Kier molecular flexibility index (Phi) is 6.72. The molecule has 0 aromatic heterocycles. The summed E-state index contributed by atoms with van der Waals surface area (Å²) in [6, 6.07) is 5.85. The lowest BCUT2D eigenvalue weighted by molar-refractivity contribution is -0.113. The lowest BCUT2D eigenvalue weighted by Crippen LogP contribution is -2.33. The van der Waals surface area contributed by atoms with Crippen molar-refractivity contribution in [2.75, 3.05) is 19.8 Å². The summed E-state index contributed by atoms with van der Waals surface area (Å²) in [5.74, 6) is 0. The van der Waals surface area contributed by atoms with Crippen molar-refractivity contribution in [2.45, 2.75) is 63.1 Å². The van der Waals surface area contributed by atoms with Gasteiger partial charge in [0, 0.05) is 37.3 Å². The van der Waals surface area contributed by atoms with Gasteiger partial charge < -0.3 is 24.4 Å². The van der Waals surface area contributed by atoms with Crippen LogP contribution in [0.3, 0.4) is 0 Å². The first kappa shape index (κ1) is 19.1. The van der Waals surface area contributed by atoms with E-state index in [2.05, 4.69) is 0 Å². The first-order chi connectivity index (χ1) is 12.1. The van der Waals surface area contributed by atoms with Gasteiger partial charge in [-0.3, -0.25) is 0 Å². The second-order valence-corrected chi connectivity index (χ2v) is 7.29. The third kappa shape index (κ3) is 4.94. The lowest BCUT2D eigenvalue weighted by atomic mass is 9.94. The monoisotopic (exact) mass is 370 g/mol. The minimum absolute atomic E-state index is 0.0806. The van der Waals surface area contributed by atoms with Crippen molar-refractivity contribution in [3.63, 3.8) is 0 Å². The number of rotatable bonds is 6. The van der Waals surface area contributed by atoms with Crippen molar-refractivity contribution >= 4 is 11.6 Å². The summed E-state index contributed by atoms with van der Waals surface area (Å²) in [4.78, 5) is 0. The van der Waals surface area contributed by atoms with E-state index in [4.69, 9.17) is 25.8 Å². The van der Waals surface area contributed by atoms with Crippen molar-refractivity contribution in [2.24, 2.45) is 0 Å². The smallest absolute Gasteiger partial charge is 0.0854 e. The molecular weight excluding hydrogens is 344 g/mol. The molecule has 2 saturated heterocycles. The SMILES string of the molecule is CCOC1COC(Cc2cc(C3CC(O)CC(CO)O3)ccc2Cl)C1. The van der Waals surface area contributed by atoms with Crippen molar-refractivity contribution in [1.82, 2.24) is 0 Å². The molecule has 2 aliphatic heterocycles. The van der Waals surface area contributed by atoms with Gasteiger partial charge in [0.15, 0.2) is 0 Å². The molecule has 5 unspecified atom stereocenters. The molecule has 0 amide bonds. The van der Waals surface area contributed by atoms with Gasteiger partial charge in [0.05, 0.1) is 43.7 Å². The molecule has 1 aromatic carbocycles. The summed E-state index contributed by atoms with van der Waals surface area (Å²) in [6.45, 7) is 3.24. The first-order valence-electron chi connectivity index (χ1n) is 9.05. The molecule has 5 nitrogen and oxygen atoms in total. The summed E-state index contributed by atoms with van der Waals surface area (Å²) in [5.41, 5.74) is 2.00.